The largest absolute Gasteiger partial charge is 0.394 e. The lowest BCUT2D eigenvalue weighted by atomic mass is 9.96. The number of hydrogen-bond donors (Lipinski definition) is 8. The molecule has 1 saturated heterocycles. The lowest BCUT2D eigenvalue weighted by Gasteiger charge is -2.45. The number of rotatable bonds is 14. The van der Waals surface area contributed by atoms with Gasteiger partial charge in [-0.3, -0.25) is 9.59 Å². The van der Waals surface area contributed by atoms with Crippen molar-refractivity contribution in [2.75, 3.05) is 32.2 Å². The van der Waals surface area contributed by atoms with Crippen molar-refractivity contribution in [3.63, 3.8) is 0 Å². The molecule has 1 fully saturated rings. The number of hydrogen-bond acceptors (Lipinski definition) is 12. The lowest BCUT2D eigenvalue weighted by molar-refractivity contribution is -0.314. The van der Waals surface area contributed by atoms with Gasteiger partial charge in [0.25, 0.3) is 0 Å². The van der Waals surface area contributed by atoms with E-state index >= 15 is 0 Å². The Balaban J connectivity index is 3.23. The van der Waals surface area contributed by atoms with Crippen LogP contribution in [0.2, 0.25) is 0 Å². The molecule has 0 aliphatic carbocycles. The molecule has 9 atom stereocenters. The summed E-state index contributed by atoms with van der Waals surface area (Å²) in [6, 6.07) is -2.27. The Morgan fingerprint density at radius 3 is 2.27 bits per heavy atom. The Morgan fingerprint density at radius 2 is 1.82 bits per heavy atom. The molecule has 0 saturated carbocycles. The Bertz CT molecular complexity index is 600. The van der Waals surface area contributed by atoms with E-state index in [1.807, 2.05) is 0 Å². The highest BCUT2D eigenvalue weighted by Gasteiger charge is 2.48. The fraction of sp³-hybridized carbons (Fsp3) is 0.895. The van der Waals surface area contributed by atoms with Gasteiger partial charge < -0.3 is 55.1 Å². The predicted octanol–water partition coefficient (Wildman–Crippen LogP) is -3.52. The van der Waals surface area contributed by atoms with E-state index in [-0.39, 0.29) is 6.61 Å². The molecule has 194 valence electrons. The van der Waals surface area contributed by atoms with E-state index in [0.717, 1.165) is 0 Å². The zero-order valence-corrected chi connectivity index (χ0v) is 19.8. The van der Waals surface area contributed by atoms with Gasteiger partial charge in [0, 0.05) is 19.6 Å². The second kappa shape index (κ2) is 15.0. The van der Waals surface area contributed by atoms with Gasteiger partial charge in [0.15, 0.2) is 12.6 Å². The fourth-order valence-corrected chi connectivity index (χ4v) is 3.36. The summed E-state index contributed by atoms with van der Waals surface area (Å²) in [5.41, 5.74) is 0. The lowest BCUT2D eigenvalue weighted by Crippen LogP contribution is -2.66. The van der Waals surface area contributed by atoms with E-state index in [4.69, 9.17) is 18.9 Å². The smallest absolute Gasteiger partial charge is 0.217 e. The molecule has 0 bridgehead atoms. The van der Waals surface area contributed by atoms with Gasteiger partial charge in [0.05, 0.1) is 32.5 Å². The van der Waals surface area contributed by atoms with E-state index in [1.165, 1.54) is 20.8 Å². The number of thiol groups is 1. The highest BCUT2D eigenvalue weighted by molar-refractivity contribution is 7.80. The van der Waals surface area contributed by atoms with E-state index in [9.17, 15) is 35.1 Å². The van der Waals surface area contributed by atoms with E-state index < -0.39 is 86.8 Å². The Kier molecular flexibility index (Phi) is 13.6. The highest BCUT2D eigenvalue weighted by atomic mass is 32.1. The van der Waals surface area contributed by atoms with Gasteiger partial charge in [0.2, 0.25) is 11.8 Å². The minimum Gasteiger partial charge on any atom is -0.394 e. The van der Waals surface area contributed by atoms with Crippen LogP contribution in [0.4, 0.5) is 0 Å². The Labute approximate surface area is 197 Å². The third-order valence-corrected chi connectivity index (χ3v) is 5.01. The number of carbonyl (C=O) groups is 2. The first kappa shape index (κ1) is 30.0. The molecule has 7 N–H and O–H groups in total. The number of aliphatic hydroxyl groups is 5. The van der Waals surface area contributed by atoms with Gasteiger partial charge in [-0.1, -0.05) is 0 Å². The molecular weight excluding hydrogens is 464 g/mol. The molecule has 0 aromatic rings. The number of nitrogens with one attached hydrogen (secondary N) is 2. The zero-order chi connectivity index (χ0) is 25.1. The first-order valence-electron chi connectivity index (χ1n) is 10.5. The summed E-state index contributed by atoms with van der Waals surface area (Å²) in [7, 11) is 0. The van der Waals surface area contributed by atoms with E-state index in [0.29, 0.717) is 5.75 Å². The topological polar surface area (TPSA) is 196 Å². The van der Waals surface area contributed by atoms with Crippen molar-refractivity contribution in [3.8, 4) is 0 Å². The molecule has 1 aliphatic heterocycles. The van der Waals surface area contributed by atoms with Crippen molar-refractivity contribution in [1.82, 2.24) is 10.6 Å². The standard InChI is InChI=1S/C19H36N2O11S/c1-9(25)13(7-23)30-18(12(6-22)20-10(2)26)32-17-14(8-24)31-19(29-4-5-33)15(16(17)28)21-11(3)27/h9,12-19,22-25,28,33H,4-8H2,1-3H3,(H,20,26)(H,21,27)/t9-,12-,13?,14?,15-,16?,17+,18-,19+/m0/s1. The van der Waals surface area contributed by atoms with Gasteiger partial charge >= 0.3 is 0 Å². The molecule has 0 aromatic carbocycles. The van der Waals surface area contributed by atoms with Crippen molar-refractivity contribution in [1.29, 1.82) is 0 Å². The molecule has 0 radical (unpaired) electrons. The van der Waals surface area contributed by atoms with Gasteiger partial charge in [-0.05, 0) is 6.92 Å². The quantitative estimate of drug-likeness (QED) is 0.0870. The van der Waals surface area contributed by atoms with Crippen LogP contribution in [0.15, 0.2) is 0 Å². The van der Waals surface area contributed by atoms with E-state index in [1.54, 1.807) is 0 Å². The van der Waals surface area contributed by atoms with Crippen molar-refractivity contribution < 1.29 is 54.1 Å². The maximum absolute atomic E-state index is 11.7. The van der Waals surface area contributed by atoms with Crippen LogP contribution < -0.4 is 10.6 Å². The van der Waals surface area contributed by atoms with Crippen LogP contribution >= 0.6 is 12.6 Å². The molecule has 33 heavy (non-hydrogen) atoms. The summed E-state index contributed by atoms with van der Waals surface area (Å²) in [5, 5.41) is 54.9. The average Bonchev–Trinajstić information content (AvgIpc) is 2.75. The number of amides is 2. The molecule has 0 spiro atoms. The summed E-state index contributed by atoms with van der Waals surface area (Å²) in [4.78, 5) is 23.3. The Hall–Kier alpha value is -1.07. The maximum Gasteiger partial charge on any atom is 0.217 e. The van der Waals surface area contributed by atoms with Crippen LogP contribution in [-0.2, 0) is 28.5 Å². The number of ether oxygens (including phenoxy) is 4. The summed E-state index contributed by atoms with van der Waals surface area (Å²) < 4.78 is 22.6. The normalized spacial score (nSPS) is 29.1. The minimum absolute atomic E-state index is 0.133. The average molecular weight is 501 g/mol. The molecule has 1 rings (SSSR count). The monoisotopic (exact) mass is 500 g/mol. The van der Waals surface area contributed by atoms with Crippen LogP contribution in [0.25, 0.3) is 0 Å². The third-order valence-electron chi connectivity index (χ3n) is 4.83. The van der Waals surface area contributed by atoms with Crippen LogP contribution in [0.1, 0.15) is 20.8 Å². The first-order valence-corrected chi connectivity index (χ1v) is 11.1. The third kappa shape index (κ3) is 9.24. The fourth-order valence-electron chi connectivity index (χ4n) is 3.25. The van der Waals surface area contributed by atoms with Crippen molar-refractivity contribution in [3.05, 3.63) is 0 Å². The summed E-state index contributed by atoms with van der Waals surface area (Å²) in [6.45, 7) is 2.03. The number of aliphatic hydroxyl groups excluding tert-OH is 5. The summed E-state index contributed by atoms with van der Waals surface area (Å²) in [6.07, 6.45) is -8.89. The molecule has 0 aromatic heterocycles. The molecular formula is C19H36N2O11S. The molecule has 13 nitrogen and oxygen atoms in total. The summed E-state index contributed by atoms with van der Waals surface area (Å²) >= 11 is 4.05. The molecule has 1 heterocycles. The van der Waals surface area contributed by atoms with Gasteiger partial charge in [-0.2, -0.15) is 12.6 Å². The predicted molar refractivity (Wildman–Crippen MR) is 116 cm³/mol. The van der Waals surface area contributed by atoms with E-state index in [2.05, 4.69) is 23.3 Å². The molecule has 2 amide bonds. The highest BCUT2D eigenvalue weighted by Crippen LogP contribution is 2.27. The van der Waals surface area contributed by atoms with Gasteiger partial charge in [0.1, 0.15) is 36.5 Å². The zero-order valence-electron chi connectivity index (χ0n) is 18.9. The maximum atomic E-state index is 11.7. The second-order valence-corrected chi connectivity index (χ2v) is 8.04. The summed E-state index contributed by atoms with van der Waals surface area (Å²) in [5.74, 6) is -0.685. The molecule has 3 unspecified atom stereocenters. The Morgan fingerprint density at radius 1 is 1.15 bits per heavy atom. The van der Waals surface area contributed by atoms with Crippen LogP contribution in [-0.4, -0.2) is 125 Å². The second-order valence-electron chi connectivity index (χ2n) is 7.59. The van der Waals surface area contributed by atoms with Crippen molar-refractivity contribution in [2.45, 2.75) is 76.0 Å². The number of carbonyl (C=O) groups excluding carboxylic acids is 2. The molecule has 1 aliphatic rings. The minimum atomic E-state index is -1.49. The van der Waals surface area contributed by atoms with Crippen LogP contribution in [0.3, 0.4) is 0 Å². The van der Waals surface area contributed by atoms with Crippen LogP contribution in [0, 0.1) is 0 Å². The first-order chi connectivity index (χ1) is 15.6. The molecule has 14 heteroatoms. The van der Waals surface area contributed by atoms with Gasteiger partial charge in [-0.15, -0.1) is 0 Å². The SMILES string of the molecule is CC(=O)N[C@@H](CO)[C@@H](OC(CO)[C@H](C)O)O[C@@H]1C(CO)O[C@@H](OCCS)[C@@H](NC(C)=O)C1O. The van der Waals surface area contributed by atoms with Gasteiger partial charge in [-0.25, -0.2) is 0 Å². The van der Waals surface area contributed by atoms with Crippen molar-refractivity contribution in [2.24, 2.45) is 0 Å². The van der Waals surface area contributed by atoms with Crippen LogP contribution in [0.5, 0.6) is 0 Å². The van der Waals surface area contributed by atoms with Crippen molar-refractivity contribution >= 4 is 24.4 Å².